The number of pyridine rings is 1. The van der Waals surface area contributed by atoms with E-state index in [0.717, 1.165) is 22.4 Å². The van der Waals surface area contributed by atoms with Crippen LogP contribution in [0.2, 0.25) is 5.02 Å². The van der Waals surface area contributed by atoms with Gasteiger partial charge in [-0.2, -0.15) is 5.10 Å². The van der Waals surface area contributed by atoms with E-state index in [9.17, 15) is 0 Å². The Hall–Kier alpha value is -2.79. The van der Waals surface area contributed by atoms with E-state index in [4.69, 9.17) is 21.1 Å². The van der Waals surface area contributed by atoms with Gasteiger partial charge in [0.15, 0.2) is 0 Å². The maximum Gasteiger partial charge on any atom is 0.232 e. The van der Waals surface area contributed by atoms with Crippen molar-refractivity contribution in [2.45, 2.75) is 33.1 Å². The second kappa shape index (κ2) is 8.70. The average Bonchev–Trinajstić information content (AvgIpc) is 3.10. The van der Waals surface area contributed by atoms with Gasteiger partial charge < -0.3 is 9.47 Å². The number of H-pyrrole nitrogens is 1. The zero-order valence-electron chi connectivity index (χ0n) is 17.4. The Kier molecular flexibility index (Phi) is 6.28. The minimum atomic E-state index is 0.0887. The van der Waals surface area contributed by atoms with Gasteiger partial charge in [-0.05, 0) is 41.7 Å². The molecule has 3 aromatic rings. The first-order chi connectivity index (χ1) is 13.8. The lowest BCUT2D eigenvalue weighted by atomic mass is 9.86. The van der Waals surface area contributed by atoms with Gasteiger partial charge >= 0.3 is 0 Å². The van der Waals surface area contributed by atoms with Gasteiger partial charge in [-0.1, -0.05) is 56.6 Å². The molecule has 2 aromatic heterocycles. The molecule has 0 saturated heterocycles. The number of aryl methyl sites for hydroxylation is 1. The molecule has 0 amide bonds. The van der Waals surface area contributed by atoms with Crippen molar-refractivity contribution in [3.63, 3.8) is 0 Å². The van der Waals surface area contributed by atoms with Gasteiger partial charge in [0.25, 0.3) is 0 Å². The van der Waals surface area contributed by atoms with Crippen molar-refractivity contribution in [2.75, 3.05) is 13.7 Å². The van der Waals surface area contributed by atoms with Crippen LogP contribution in [0.5, 0.6) is 11.8 Å². The van der Waals surface area contributed by atoms with Gasteiger partial charge in [0.2, 0.25) is 11.8 Å². The van der Waals surface area contributed by atoms with Crippen molar-refractivity contribution in [3.8, 4) is 11.8 Å². The van der Waals surface area contributed by atoms with Crippen molar-refractivity contribution in [3.05, 3.63) is 76.1 Å². The molecule has 0 fully saturated rings. The van der Waals surface area contributed by atoms with Gasteiger partial charge in [-0.25, -0.2) is 10.1 Å². The molecule has 6 heteroatoms. The lowest BCUT2D eigenvalue weighted by Gasteiger charge is -2.19. The SMILES string of the molecule is COc1nc(/C(=C/COc2[nH]ncc2C)c2ccc(C(C)(C)C)cc2)ccc1Cl. The van der Waals surface area contributed by atoms with Crippen LogP contribution in [-0.2, 0) is 5.41 Å². The minimum absolute atomic E-state index is 0.0887. The fraction of sp³-hybridized carbons (Fsp3) is 0.304. The third-order valence-electron chi connectivity index (χ3n) is 4.64. The first kappa shape index (κ1) is 20.9. The molecule has 5 nitrogen and oxygen atoms in total. The number of nitrogens with zero attached hydrogens (tertiary/aromatic N) is 2. The molecule has 0 radical (unpaired) electrons. The number of hydrogen-bond acceptors (Lipinski definition) is 4. The van der Waals surface area contributed by atoms with Crippen LogP contribution in [0.25, 0.3) is 5.57 Å². The van der Waals surface area contributed by atoms with Gasteiger partial charge in [0.1, 0.15) is 11.6 Å². The molecule has 0 aliphatic carbocycles. The summed E-state index contributed by atoms with van der Waals surface area (Å²) >= 11 is 6.16. The summed E-state index contributed by atoms with van der Waals surface area (Å²) < 4.78 is 11.1. The standard InChI is InChI=1S/C23H26ClN3O2/c1-15-14-25-27-21(15)29-13-12-18(20-11-10-19(24)22(26-20)28-5)16-6-8-17(9-7-16)23(2,3)4/h6-12,14H,13H2,1-5H3,(H,25,27)/b18-12+. The molecule has 0 bridgehead atoms. The van der Waals surface area contributed by atoms with E-state index in [-0.39, 0.29) is 5.41 Å². The van der Waals surface area contributed by atoms with Gasteiger partial charge in [-0.3, -0.25) is 0 Å². The first-order valence-corrected chi connectivity index (χ1v) is 9.82. The van der Waals surface area contributed by atoms with E-state index < -0.39 is 0 Å². The second-order valence-electron chi connectivity index (χ2n) is 7.83. The van der Waals surface area contributed by atoms with Crippen LogP contribution in [0, 0.1) is 6.92 Å². The van der Waals surface area contributed by atoms with Crippen molar-refractivity contribution >= 4 is 17.2 Å². The highest BCUT2D eigenvalue weighted by molar-refractivity contribution is 6.31. The normalized spacial score (nSPS) is 12.1. The molecule has 152 valence electrons. The summed E-state index contributed by atoms with van der Waals surface area (Å²) in [6, 6.07) is 12.2. The number of benzene rings is 1. The molecule has 1 aromatic carbocycles. The van der Waals surface area contributed by atoms with Gasteiger partial charge in [-0.15, -0.1) is 0 Å². The highest BCUT2D eigenvalue weighted by Gasteiger charge is 2.15. The number of ether oxygens (including phenoxy) is 2. The summed E-state index contributed by atoms with van der Waals surface area (Å²) in [5.74, 6) is 1.05. The fourth-order valence-electron chi connectivity index (χ4n) is 2.93. The van der Waals surface area contributed by atoms with Crippen LogP contribution in [0.4, 0.5) is 0 Å². The van der Waals surface area contributed by atoms with E-state index in [1.165, 1.54) is 5.56 Å². The Morgan fingerprint density at radius 2 is 1.86 bits per heavy atom. The number of rotatable bonds is 6. The molecule has 0 atom stereocenters. The average molecular weight is 412 g/mol. The van der Waals surface area contributed by atoms with Crippen molar-refractivity contribution in [1.29, 1.82) is 0 Å². The van der Waals surface area contributed by atoms with E-state index in [1.807, 2.05) is 19.1 Å². The number of aromatic nitrogens is 3. The molecule has 1 N–H and O–H groups in total. The smallest absolute Gasteiger partial charge is 0.232 e. The van der Waals surface area contributed by atoms with Crippen LogP contribution in [-0.4, -0.2) is 28.9 Å². The molecule has 0 unspecified atom stereocenters. The van der Waals surface area contributed by atoms with Crippen molar-refractivity contribution in [1.82, 2.24) is 15.2 Å². The van der Waals surface area contributed by atoms with Gasteiger partial charge in [0, 0.05) is 11.1 Å². The zero-order chi connectivity index (χ0) is 21.0. The molecule has 0 aliphatic heterocycles. The Morgan fingerprint density at radius 3 is 2.45 bits per heavy atom. The Labute approximate surface area is 176 Å². The van der Waals surface area contributed by atoms with Crippen LogP contribution >= 0.6 is 11.6 Å². The summed E-state index contributed by atoms with van der Waals surface area (Å²) in [5.41, 5.74) is 5.07. The number of nitrogens with one attached hydrogen (secondary N) is 1. The zero-order valence-corrected chi connectivity index (χ0v) is 18.2. The summed E-state index contributed by atoms with van der Waals surface area (Å²) in [4.78, 5) is 4.57. The van der Waals surface area contributed by atoms with Crippen molar-refractivity contribution < 1.29 is 9.47 Å². The maximum atomic E-state index is 6.16. The summed E-state index contributed by atoms with van der Waals surface area (Å²) in [6.45, 7) is 8.91. The van der Waals surface area contributed by atoms with Crippen LogP contribution in [0.1, 0.15) is 43.2 Å². The Balaban J connectivity index is 1.97. The Bertz CT molecular complexity index is 1000. The van der Waals surface area contributed by atoms with Crippen LogP contribution in [0.15, 0.2) is 48.7 Å². The third kappa shape index (κ3) is 4.98. The predicted molar refractivity (Wildman–Crippen MR) is 117 cm³/mol. The monoisotopic (exact) mass is 411 g/mol. The molecule has 29 heavy (non-hydrogen) atoms. The van der Waals surface area contributed by atoms with E-state index in [0.29, 0.717) is 23.4 Å². The number of hydrogen-bond donors (Lipinski definition) is 1. The fourth-order valence-corrected chi connectivity index (χ4v) is 3.11. The maximum absolute atomic E-state index is 6.16. The molecule has 3 rings (SSSR count). The molecule has 0 saturated carbocycles. The van der Waals surface area contributed by atoms with Gasteiger partial charge in [0.05, 0.1) is 19.0 Å². The second-order valence-corrected chi connectivity index (χ2v) is 8.23. The highest BCUT2D eigenvalue weighted by atomic mass is 35.5. The van der Waals surface area contributed by atoms with E-state index >= 15 is 0 Å². The van der Waals surface area contributed by atoms with Crippen LogP contribution in [0.3, 0.4) is 0 Å². The summed E-state index contributed by atoms with van der Waals surface area (Å²) in [6.07, 6.45) is 3.73. The molecule has 0 spiro atoms. The molecular weight excluding hydrogens is 386 g/mol. The van der Waals surface area contributed by atoms with Crippen molar-refractivity contribution in [2.24, 2.45) is 0 Å². The van der Waals surface area contributed by atoms with E-state index in [2.05, 4.69) is 60.2 Å². The molecule has 0 aliphatic rings. The highest BCUT2D eigenvalue weighted by Crippen LogP contribution is 2.30. The van der Waals surface area contributed by atoms with Crippen LogP contribution < -0.4 is 9.47 Å². The lowest BCUT2D eigenvalue weighted by Crippen LogP contribution is -2.10. The number of halogens is 1. The third-order valence-corrected chi connectivity index (χ3v) is 4.93. The quantitative estimate of drug-likeness (QED) is 0.574. The topological polar surface area (TPSA) is 60.0 Å². The van der Waals surface area contributed by atoms with E-state index in [1.54, 1.807) is 19.4 Å². The first-order valence-electron chi connectivity index (χ1n) is 9.44. The number of methoxy groups -OCH3 is 1. The largest absolute Gasteiger partial charge is 0.480 e. The summed E-state index contributed by atoms with van der Waals surface area (Å²) in [5, 5.41) is 7.32. The number of aromatic amines is 1. The predicted octanol–water partition coefficient (Wildman–Crippen LogP) is 5.58. The lowest BCUT2D eigenvalue weighted by molar-refractivity contribution is 0.346. The summed E-state index contributed by atoms with van der Waals surface area (Å²) in [7, 11) is 1.56. The molecule has 2 heterocycles. The minimum Gasteiger partial charge on any atom is -0.480 e. The molecular formula is C23H26ClN3O2. The Morgan fingerprint density at radius 1 is 1.14 bits per heavy atom.